The first-order chi connectivity index (χ1) is 11.9. The fourth-order valence-electron chi connectivity index (χ4n) is 2.13. The van der Waals surface area contributed by atoms with Gasteiger partial charge >= 0.3 is 0 Å². The van der Waals surface area contributed by atoms with Crippen LogP contribution in [-0.2, 0) is 4.79 Å². The van der Waals surface area contributed by atoms with Crippen molar-refractivity contribution >= 4 is 34.8 Å². The molecule has 0 saturated heterocycles. The van der Waals surface area contributed by atoms with Crippen LogP contribution in [0.4, 0.5) is 11.4 Å². The average molecular weight is 362 g/mol. The fourth-order valence-corrected chi connectivity index (χ4v) is 2.39. The second kappa shape index (κ2) is 8.39. The topological polar surface area (TPSA) is 70.7 Å². The lowest BCUT2D eigenvalue weighted by molar-refractivity contribution is -0.114. The Morgan fingerprint density at radius 2 is 1.88 bits per heavy atom. The van der Waals surface area contributed by atoms with Crippen molar-refractivity contribution < 1.29 is 14.3 Å². The zero-order chi connectivity index (χ0) is 18.4. The van der Waals surface area contributed by atoms with Crippen LogP contribution in [0.15, 0.2) is 42.5 Å². The zero-order valence-electron chi connectivity index (χ0n) is 14.3. The summed E-state index contributed by atoms with van der Waals surface area (Å²) < 4.78 is 5.11. The average Bonchev–Trinajstić information content (AvgIpc) is 2.59. The Morgan fingerprint density at radius 3 is 2.52 bits per heavy atom. The second-order valence-electron chi connectivity index (χ2n) is 5.53. The molecule has 0 aliphatic rings. The minimum Gasteiger partial charge on any atom is -0.497 e. The number of halogens is 1. The quantitative estimate of drug-likeness (QED) is 0.829. The van der Waals surface area contributed by atoms with Gasteiger partial charge in [-0.1, -0.05) is 17.7 Å². The van der Waals surface area contributed by atoms with Gasteiger partial charge in [0.1, 0.15) is 5.75 Å². The molecule has 2 N–H and O–H groups in total. The van der Waals surface area contributed by atoms with Gasteiger partial charge in [0.05, 0.1) is 24.2 Å². The molecular weight excluding hydrogens is 342 g/mol. The molecule has 6 nitrogen and oxygen atoms in total. The Hall–Kier alpha value is -2.73. The van der Waals surface area contributed by atoms with Gasteiger partial charge in [-0.2, -0.15) is 0 Å². The number of hydrogen-bond donors (Lipinski definition) is 2. The molecule has 0 heterocycles. The standard InChI is InChI=1S/C18H20ClN3O3/c1-22(2)18(24)15-8-7-12(10-16(15)19)20-11-17(23)21-13-5-4-6-14(9-13)25-3/h4-10,20H,11H2,1-3H3,(H,21,23). The van der Waals surface area contributed by atoms with Crippen LogP contribution in [0, 0.1) is 0 Å². The molecule has 25 heavy (non-hydrogen) atoms. The van der Waals surface area contributed by atoms with Crippen molar-refractivity contribution in [2.45, 2.75) is 0 Å². The summed E-state index contributed by atoms with van der Waals surface area (Å²) in [5, 5.41) is 6.08. The van der Waals surface area contributed by atoms with E-state index in [9.17, 15) is 9.59 Å². The molecule has 2 aromatic rings. The van der Waals surface area contributed by atoms with Gasteiger partial charge in [0.15, 0.2) is 0 Å². The molecule has 0 bridgehead atoms. The van der Waals surface area contributed by atoms with Gasteiger partial charge in [-0.05, 0) is 30.3 Å². The van der Waals surface area contributed by atoms with Crippen LogP contribution in [0.1, 0.15) is 10.4 Å². The van der Waals surface area contributed by atoms with E-state index in [4.69, 9.17) is 16.3 Å². The summed E-state index contributed by atoms with van der Waals surface area (Å²) in [5.74, 6) is 0.281. The number of benzene rings is 2. The monoisotopic (exact) mass is 361 g/mol. The Kier molecular flexibility index (Phi) is 6.25. The summed E-state index contributed by atoms with van der Waals surface area (Å²) in [7, 11) is 4.89. The first-order valence-electron chi connectivity index (χ1n) is 7.59. The van der Waals surface area contributed by atoms with Crippen LogP contribution in [0.25, 0.3) is 0 Å². The van der Waals surface area contributed by atoms with E-state index in [1.54, 1.807) is 63.7 Å². The van der Waals surface area contributed by atoms with Crippen molar-refractivity contribution in [3.63, 3.8) is 0 Å². The maximum Gasteiger partial charge on any atom is 0.254 e. The molecule has 0 saturated carbocycles. The molecule has 2 amide bonds. The third-order valence-electron chi connectivity index (χ3n) is 3.41. The molecule has 0 spiro atoms. The number of carbonyl (C=O) groups excluding carboxylic acids is 2. The van der Waals surface area contributed by atoms with Gasteiger partial charge in [-0.3, -0.25) is 9.59 Å². The number of hydrogen-bond acceptors (Lipinski definition) is 4. The lowest BCUT2D eigenvalue weighted by Gasteiger charge is -2.13. The number of amides is 2. The van der Waals surface area contributed by atoms with Crippen LogP contribution < -0.4 is 15.4 Å². The van der Waals surface area contributed by atoms with E-state index in [0.29, 0.717) is 27.7 Å². The molecule has 2 rings (SSSR count). The van der Waals surface area contributed by atoms with Crippen LogP contribution in [0.2, 0.25) is 5.02 Å². The second-order valence-corrected chi connectivity index (χ2v) is 5.94. The Bertz CT molecular complexity index is 778. The van der Waals surface area contributed by atoms with Gasteiger partial charge in [0.25, 0.3) is 5.91 Å². The van der Waals surface area contributed by atoms with E-state index in [1.165, 1.54) is 4.90 Å². The summed E-state index contributed by atoms with van der Waals surface area (Å²) in [6.45, 7) is 0.0640. The highest BCUT2D eigenvalue weighted by Gasteiger charge is 2.13. The van der Waals surface area contributed by atoms with Crippen molar-refractivity contribution in [2.24, 2.45) is 0 Å². The Labute approximate surface area is 151 Å². The summed E-state index contributed by atoms with van der Waals surface area (Å²) >= 11 is 6.14. The van der Waals surface area contributed by atoms with E-state index in [-0.39, 0.29) is 18.4 Å². The van der Waals surface area contributed by atoms with E-state index in [2.05, 4.69) is 10.6 Å². The molecule has 0 aliphatic carbocycles. The lowest BCUT2D eigenvalue weighted by Crippen LogP contribution is -2.23. The normalized spacial score (nSPS) is 10.1. The number of rotatable bonds is 6. The van der Waals surface area contributed by atoms with Crippen LogP contribution in [0.5, 0.6) is 5.75 Å². The number of carbonyl (C=O) groups is 2. The van der Waals surface area contributed by atoms with E-state index in [1.807, 2.05) is 0 Å². The highest BCUT2D eigenvalue weighted by molar-refractivity contribution is 6.34. The van der Waals surface area contributed by atoms with Crippen molar-refractivity contribution in [1.29, 1.82) is 0 Å². The molecule has 0 atom stereocenters. The number of ether oxygens (including phenoxy) is 1. The van der Waals surface area contributed by atoms with Gasteiger partial charge in [0, 0.05) is 31.5 Å². The molecule has 2 aromatic carbocycles. The summed E-state index contributed by atoms with van der Waals surface area (Å²) in [5.41, 5.74) is 1.72. The minimum absolute atomic E-state index is 0.0640. The number of methoxy groups -OCH3 is 1. The van der Waals surface area contributed by atoms with Gasteiger partial charge in [0.2, 0.25) is 5.91 Å². The first kappa shape index (κ1) is 18.6. The molecule has 0 aliphatic heterocycles. The molecular formula is C18H20ClN3O3. The highest BCUT2D eigenvalue weighted by Crippen LogP contribution is 2.22. The predicted octanol–water partition coefficient (Wildman–Crippen LogP) is 3.10. The van der Waals surface area contributed by atoms with Crippen molar-refractivity contribution in [1.82, 2.24) is 4.90 Å². The van der Waals surface area contributed by atoms with Crippen molar-refractivity contribution in [3.8, 4) is 5.75 Å². The first-order valence-corrected chi connectivity index (χ1v) is 7.97. The van der Waals surface area contributed by atoms with Crippen molar-refractivity contribution in [3.05, 3.63) is 53.1 Å². The Morgan fingerprint density at radius 1 is 1.12 bits per heavy atom. The predicted molar refractivity (Wildman–Crippen MR) is 99.6 cm³/mol. The number of nitrogens with one attached hydrogen (secondary N) is 2. The molecule has 7 heteroatoms. The smallest absolute Gasteiger partial charge is 0.254 e. The minimum atomic E-state index is -0.210. The SMILES string of the molecule is COc1cccc(NC(=O)CNc2ccc(C(=O)N(C)C)c(Cl)c2)c1. The van der Waals surface area contributed by atoms with Gasteiger partial charge < -0.3 is 20.3 Å². The summed E-state index contributed by atoms with van der Waals surface area (Å²) in [6, 6.07) is 12.1. The Balaban J connectivity index is 1.95. The van der Waals surface area contributed by atoms with Crippen LogP contribution in [0.3, 0.4) is 0 Å². The number of nitrogens with zero attached hydrogens (tertiary/aromatic N) is 1. The molecule has 0 fully saturated rings. The van der Waals surface area contributed by atoms with Crippen LogP contribution in [-0.4, -0.2) is 44.5 Å². The molecule has 132 valence electrons. The van der Waals surface area contributed by atoms with Gasteiger partial charge in [-0.25, -0.2) is 0 Å². The summed E-state index contributed by atoms with van der Waals surface area (Å²) in [6.07, 6.45) is 0. The summed E-state index contributed by atoms with van der Waals surface area (Å²) in [4.78, 5) is 25.4. The maximum atomic E-state index is 12.0. The van der Waals surface area contributed by atoms with E-state index in [0.717, 1.165) is 0 Å². The van der Waals surface area contributed by atoms with E-state index < -0.39 is 0 Å². The third kappa shape index (κ3) is 5.12. The number of anilines is 2. The van der Waals surface area contributed by atoms with Crippen LogP contribution >= 0.6 is 11.6 Å². The zero-order valence-corrected chi connectivity index (χ0v) is 15.1. The third-order valence-corrected chi connectivity index (χ3v) is 3.72. The maximum absolute atomic E-state index is 12.0. The van der Waals surface area contributed by atoms with E-state index >= 15 is 0 Å². The fraction of sp³-hybridized carbons (Fsp3) is 0.222. The molecule has 0 aromatic heterocycles. The largest absolute Gasteiger partial charge is 0.497 e. The van der Waals surface area contributed by atoms with Crippen molar-refractivity contribution in [2.75, 3.05) is 38.4 Å². The molecule has 0 unspecified atom stereocenters. The molecule has 0 radical (unpaired) electrons. The lowest BCUT2D eigenvalue weighted by atomic mass is 10.2. The highest BCUT2D eigenvalue weighted by atomic mass is 35.5. The van der Waals surface area contributed by atoms with Gasteiger partial charge in [-0.15, -0.1) is 0 Å².